The van der Waals surface area contributed by atoms with E-state index in [1.165, 1.54) is 7.11 Å². The lowest BCUT2D eigenvalue weighted by molar-refractivity contribution is -0.150. The van der Waals surface area contributed by atoms with Gasteiger partial charge in [-0.05, 0) is 46.2 Å². The van der Waals surface area contributed by atoms with Gasteiger partial charge < -0.3 is 19.7 Å². The largest absolute Gasteiger partial charge is 0.468 e. The third kappa shape index (κ3) is 4.72. The Labute approximate surface area is 123 Å². The van der Waals surface area contributed by atoms with E-state index in [0.29, 0.717) is 19.1 Å². The molecule has 0 saturated heterocycles. The molecular formula is C15H30N2O3. The molecule has 0 aliphatic heterocycles. The quantitative estimate of drug-likeness (QED) is 0.613. The molecule has 1 fully saturated rings. The minimum absolute atomic E-state index is 0.140. The van der Waals surface area contributed by atoms with Crippen LogP contribution in [0, 0.1) is 5.92 Å². The van der Waals surface area contributed by atoms with E-state index in [-0.39, 0.29) is 12.1 Å². The smallest absolute Gasteiger partial charge is 0.327 e. The minimum atomic E-state index is -0.559. The Hall–Kier alpha value is -0.650. The number of ether oxygens (including phenoxy) is 2. The Morgan fingerprint density at radius 3 is 2.55 bits per heavy atom. The molecule has 0 radical (unpaired) electrons. The van der Waals surface area contributed by atoms with Gasteiger partial charge in [0.2, 0.25) is 0 Å². The van der Waals surface area contributed by atoms with Gasteiger partial charge in [0, 0.05) is 13.1 Å². The van der Waals surface area contributed by atoms with Gasteiger partial charge in [-0.15, -0.1) is 0 Å². The second-order valence-electron chi connectivity index (χ2n) is 5.92. The number of carbonyl (C=O) groups is 1. The predicted molar refractivity (Wildman–Crippen MR) is 79.7 cm³/mol. The number of hydrogen-bond acceptors (Lipinski definition) is 5. The van der Waals surface area contributed by atoms with Crippen LogP contribution < -0.4 is 5.32 Å². The van der Waals surface area contributed by atoms with E-state index in [0.717, 1.165) is 25.9 Å². The molecule has 1 aliphatic rings. The van der Waals surface area contributed by atoms with Crippen molar-refractivity contribution in [1.82, 2.24) is 10.2 Å². The van der Waals surface area contributed by atoms with Crippen LogP contribution in [0.15, 0.2) is 0 Å². The molecule has 1 N–H and O–H groups in total. The van der Waals surface area contributed by atoms with Crippen LogP contribution in [0.4, 0.5) is 0 Å². The molecule has 0 bridgehead atoms. The van der Waals surface area contributed by atoms with Crippen molar-refractivity contribution < 1.29 is 14.3 Å². The van der Waals surface area contributed by atoms with Gasteiger partial charge in [0.15, 0.2) is 0 Å². The van der Waals surface area contributed by atoms with Crippen LogP contribution in [0.25, 0.3) is 0 Å². The zero-order chi connectivity index (χ0) is 15.2. The molecular weight excluding hydrogens is 256 g/mol. The van der Waals surface area contributed by atoms with Crippen molar-refractivity contribution in [3.05, 3.63) is 0 Å². The first-order chi connectivity index (χ1) is 9.46. The first-order valence-corrected chi connectivity index (χ1v) is 7.59. The summed E-state index contributed by atoms with van der Waals surface area (Å²) in [6.07, 6.45) is 2.43. The second-order valence-corrected chi connectivity index (χ2v) is 5.92. The predicted octanol–water partition coefficient (Wildman–Crippen LogP) is 1.27. The molecule has 20 heavy (non-hydrogen) atoms. The average molecular weight is 286 g/mol. The summed E-state index contributed by atoms with van der Waals surface area (Å²) in [5.74, 6) is 0.252. The van der Waals surface area contributed by atoms with Crippen molar-refractivity contribution in [3.63, 3.8) is 0 Å². The minimum Gasteiger partial charge on any atom is -0.468 e. The molecule has 0 heterocycles. The van der Waals surface area contributed by atoms with Crippen molar-refractivity contribution in [2.45, 2.75) is 45.3 Å². The zero-order valence-electron chi connectivity index (χ0n) is 13.6. The zero-order valence-corrected chi connectivity index (χ0v) is 13.6. The van der Waals surface area contributed by atoms with Gasteiger partial charge in [-0.2, -0.15) is 0 Å². The monoisotopic (exact) mass is 286 g/mol. The SMILES string of the molecule is CCNC(CN(C)CCOC(C)C)(C(=O)OC)C1CC1. The van der Waals surface area contributed by atoms with Crippen LogP contribution in [0.5, 0.6) is 0 Å². The number of likely N-dealkylation sites (N-methyl/N-ethyl adjacent to an activating group) is 2. The van der Waals surface area contributed by atoms with E-state index in [1.54, 1.807) is 0 Å². The maximum atomic E-state index is 12.3. The van der Waals surface area contributed by atoms with Gasteiger partial charge in [-0.3, -0.25) is 0 Å². The van der Waals surface area contributed by atoms with Gasteiger partial charge in [-0.25, -0.2) is 4.79 Å². The summed E-state index contributed by atoms with van der Waals surface area (Å²) >= 11 is 0. The van der Waals surface area contributed by atoms with Crippen LogP contribution in [0.3, 0.4) is 0 Å². The van der Waals surface area contributed by atoms with E-state index >= 15 is 0 Å². The Kier molecular flexibility index (Phi) is 6.92. The molecule has 1 aliphatic carbocycles. The lowest BCUT2D eigenvalue weighted by Crippen LogP contribution is -2.61. The van der Waals surface area contributed by atoms with Gasteiger partial charge >= 0.3 is 5.97 Å². The fourth-order valence-electron chi connectivity index (χ4n) is 2.66. The third-order valence-corrected chi connectivity index (χ3v) is 3.76. The molecule has 0 aromatic rings. The van der Waals surface area contributed by atoms with Crippen molar-refractivity contribution in [2.75, 3.05) is 40.4 Å². The lowest BCUT2D eigenvalue weighted by atomic mass is 9.92. The first-order valence-electron chi connectivity index (χ1n) is 7.59. The van der Waals surface area contributed by atoms with E-state index in [9.17, 15) is 4.79 Å². The standard InChI is InChI=1S/C15H30N2O3/c1-6-16-15(13-7-8-13,14(18)19-5)11-17(4)9-10-20-12(2)3/h12-13,16H,6-11H2,1-5H3. The number of methoxy groups -OCH3 is 1. The summed E-state index contributed by atoms with van der Waals surface area (Å²) in [5, 5.41) is 3.38. The molecule has 1 atom stereocenters. The van der Waals surface area contributed by atoms with Gasteiger partial charge in [0.1, 0.15) is 5.54 Å². The fraction of sp³-hybridized carbons (Fsp3) is 0.933. The number of carbonyl (C=O) groups excluding carboxylic acids is 1. The fourth-order valence-corrected chi connectivity index (χ4v) is 2.66. The summed E-state index contributed by atoms with van der Waals surface area (Å²) in [4.78, 5) is 14.4. The molecule has 1 rings (SSSR count). The number of nitrogens with zero attached hydrogens (tertiary/aromatic N) is 1. The molecule has 5 nitrogen and oxygen atoms in total. The summed E-state index contributed by atoms with van der Waals surface area (Å²) < 4.78 is 10.6. The molecule has 0 aromatic carbocycles. The normalized spacial score (nSPS) is 18.4. The maximum Gasteiger partial charge on any atom is 0.327 e. The first kappa shape index (κ1) is 17.4. The topological polar surface area (TPSA) is 50.8 Å². The van der Waals surface area contributed by atoms with Crippen LogP contribution >= 0.6 is 0 Å². The second kappa shape index (κ2) is 7.96. The lowest BCUT2D eigenvalue weighted by Gasteiger charge is -2.35. The Bertz CT molecular complexity index is 305. The Morgan fingerprint density at radius 2 is 2.10 bits per heavy atom. The van der Waals surface area contributed by atoms with Crippen molar-refractivity contribution >= 4 is 5.97 Å². The van der Waals surface area contributed by atoms with Crippen molar-refractivity contribution in [3.8, 4) is 0 Å². The van der Waals surface area contributed by atoms with Crippen LogP contribution in [0.2, 0.25) is 0 Å². The Balaban J connectivity index is 2.61. The van der Waals surface area contributed by atoms with E-state index in [2.05, 4.69) is 10.2 Å². The molecule has 1 saturated carbocycles. The molecule has 0 spiro atoms. The van der Waals surface area contributed by atoms with Gasteiger partial charge in [0.05, 0.1) is 19.8 Å². The van der Waals surface area contributed by atoms with Crippen LogP contribution in [-0.4, -0.2) is 62.9 Å². The molecule has 0 aromatic heterocycles. The summed E-state index contributed by atoms with van der Waals surface area (Å²) in [7, 11) is 3.50. The highest BCUT2D eigenvalue weighted by Gasteiger charge is 2.51. The highest BCUT2D eigenvalue weighted by atomic mass is 16.5. The van der Waals surface area contributed by atoms with E-state index in [1.807, 2.05) is 27.8 Å². The van der Waals surface area contributed by atoms with Crippen LogP contribution in [-0.2, 0) is 14.3 Å². The average Bonchev–Trinajstić information content (AvgIpc) is 3.21. The number of hydrogen-bond donors (Lipinski definition) is 1. The van der Waals surface area contributed by atoms with E-state index in [4.69, 9.17) is 9.47 Å². The Morgan fingerprint density at radius 1 is 1.45 bits per heavy atom. The third-order valence-electron chi connectivity index (χ3n) is 3.76. The van der Waals surface area contributed by atoms with Crippen molar-refractivity contribution in [1.29, 1.82) is 0 Å². The van der Waals surface area contributed by atoms with Gasteiger partial charge in [-0.1, -0.05) is 6.92 Å². The van der Waals surface area contributed by atoms with Crippen molar-refractivity contribution in [2.24, 2.45) is 5.92 Å². The summed E-state index contributed by atoms with van der Waals surface area (Å²) in [6, 6.07) is 0. The number of rotatable bonds is 10. The number of nitrogens with one attached hydrogen (secondary N) is 1. The van der Waals surface area contributed by atoms with E-state index < -0.39 is 5.54 Å². The summed E-state index contributed by atoms with van der Waals surface area (Å²) in [6.45, 7) is 9.02. The summed E-state index contributed by atoms with van der Waals surface area (Å²) in [5.41, 5.74) is -0.559. The molecule has 118 valence electrons. The number of esters is 1. The maximum absolute atomic E-state index is 12.3. The van der Waals surface area contributed by atoms with Gasteiger partial charge in [0.25, 0.3) is 0 Å². The molecule has 5 heteroatoms. The highest BCUT2D eigenvalue weighted by molar-refractivity contribution is 5.82. The highest BCUT2D eigenvalue weighted by Crippen LogP contribution is 2.40. The molecule has 1 unspecified atom stereocenters. The molecule has 0 amide bonds. The van der Waals surface area contributed by atoms with Crippen LogP contribution in [0.1, 0.15) is 33.6 Å².